The first kappa shape index (κ1) is 17.9. The Labute approximate surface area is 139 Å². The molecule has 0 atom stereocenters. The van der Waals surface area contributed by atoms with E-state index in [0.29, 0.717) is 38.5 Å². The number of rotatable bonds is 5. The van der Waals surface area contributed by atoms with Crippen molar-refractivity contribution in [1.29, 1.82) is 0 Å². The quantitative estimate of drug-likeness (QED) is 0.823. The summed E-state index contributed by atoms with van der Waals surface area (Å²) < 4.78 is 25.1. The van der Waals surface area contributed by atoms with Crippen LogP contribution < -0.4 is 0 Å². The normalized spacial score (nSPS) is 16.8. The molecule has 1 aliphatic heterocycles. The van der Waals surface area contributed by atoms with Gasteiger partial charge in [0, 0.05) is 26.2 Å². The number of carbonyl (C=O) groups excluding carboxylic acids is 1. The molecule has 1 amide bonds. The number of carbonyl (C=O) groups is 1. The molecule has 1 aromatic rings. The Balaban J connectivity index is 1.90. The van der Waals surface area contributed by atoms with Crippen molar-refractivity contribution in [2.45, 2.75) is 33.1 Å². The Morgan fingerprint density at radius 2 is 1.65 bits per heavy atom. The Kier molecular flexibility index (Phi) is 5.81. The Morgan fingerprint density at radius 3 is 2.13 bits per heavy atom. The van der Waals surface area contributed by atoms with Crippen molar-refractivity contribution < 1.29 is 13.2 Å². The first-order valence-corrected chi connectivity index (χ1v) is 9.79. The summed E-state index contributed by atoms with van der Waals surface area (Å²) in [7, 11) is -3.15. The third-order valence-electron chi connectivity index (χ3n) is 4.35. The Hall–Kier alpha value is -1.40. The van der Waals surface area contributed by atoms with Gasteiger partial charge >= 0.3 is 0 Å². The van der Waals surface area contributed by atoms with E-state index in [1.54, 1.807) is 11.8 Å². The first-order chi connectivity index (χ1) is 10.8. The molecule has 0 radical (unpaired) electrons. The zero-order valence-electron chi connectivity index (χ0n) is 14.2. The van der Waals surface area contributed by atoms with Crippen molar-refractivity contribution in [3.63, 3.8) is 0 Å². The monoisotopic (exact) mass is 338 g/mol. The summed E-state index contributed by atoms with van der Waals surface area (Å²) in [4.78, 5) is 14.1. The van der Waals surface area contributed by atoms with E-state index >= 15 is 0 Å². The minimum Gasteiger partial charge on any atom is -0.340 e. The maximum atomic E-state index is 12.4. The average molecular weight is 338 g/mol. The average Bonchev–Trinajstić information content (AvgIpc) is 2.55. The van der Waals surface area contributed by atoms with E-state index in [0.717, 1.165) is 5.56 Å². The number of benzene rings is 1. The number of hydrogen-bond acceptors (Lipinski definition) is 3. The van der Waals surface area contributed by atoms with E-state index in [9.17, 15) is 13.2 Å². The van der Waals surface area contributed by atoms with Gasteiger partial charge < -0.3 is 4.90 Å². The third kappa shape index (κ3) is 4.54. The Bertz CT molecular complexity index is 630. The molecular formula is C17H26N2O3S. The summed E-state index contributed by atoms with van der Waals surface area (Å²) >= 11 is 0. The fourth-order valence-electron chi connectivity index (χ4n) is 2.71. The summed E-state index contributed by atoms with van der Waals surface area (Å²) in [6, 6.07) is 8.15. The van der Waals surface area contributed by atoms with Gasteiger partial charge in [-0.25, -0.2) is 8.42 Å². The van der Waals surface area contributed by atoms with E-state index in [2.05, 4.69) is 26.0 Å². The minimum atomic E-state index is -3.15. The molecule has 1 fully saturated rings. The zero-order chi connectivity index (χ0) is 17.0. The van der Waals surface area contributed by atoms with Gasteiger partial charge in [0.2, 0.25) is 15.9 Å². The topological polar surface area (TPSA) is 57.7 Å². The third-order valence-corrected chi connectivity index (χ3v) is 6.23. The molecule has 128 valence electrons. The van der Waals surface area contributed by atoms with Gasteiger partial charge in [-0.2, -0.15) is 4.31 Å². The van der Waals surface area contributed by atoms with Crippen LogP contribution in [0.4, 0.5) is 0 Å². The molecule has 1 aromatic carbocycles. The molecule has 1 saturated heterocycles. The van der Waals surface area contributed by atoms with Crippen LogP contribution in [0.2, 0.25) is 0 Å². The fraction of sp³-hybridized carbons (Fsp3) is 0.588. The minimum absolute atomic E-state index is 0.0656. The van der Waals surface area contributed by atoms with Gasteiger partial charge in [-0.15, -0.1) is 0 Å². The second-order valence-corrected chi connectivity index (χ2v) is 8.51. The van der Waals surface area contributed by atoms with E-state index in [4.69, 9.17) is 0 Å². The summed E-state index contributed by atoms with van der Waals surface area (Å²) in [6.07, 6.45) is 0.374. The number of sulfonamides is 1. The van der Waals surface area contributed by atoms with E-state index < -0.39 is 10.0 Å². The summed E-state index contributed by atoms with van der Waals surface area (Å²) in [5.74, 6) is 0.660. The van der Waals surface area contributed by atoms with Gasteiger partial charge in [0.1, 0.15) is 0 Å². The molecule has 5 nitrogen and oxygen atoms in total. The number of amides is 1. The molecular weight excluding hydrogens is 312 g/mol. The molecule has 23 heavy (non-hydrogen) atoms. The fourth-order valence-corrected chi connectivity index (χ4v) is 3.79. The largest absolute Gasteiger partial charge is 0.340 e. The first-order valence-electron chi connectivity index (χ1n) is 8.18. The lowest BCUT2D eigenvalue weighted by molar-refractivity contribution is -0.131. The van der Waals surface area contributed by atoms with Crippen LogP contribution in [0.5, 0.6) is 0 Å². The lowest BCUT2D eigenvalue weighted by Crippen LogP contribution is -2.51. The van der Waals surface area contributed by atoms with Gasteiger partial charge in [-0.1, -0.05) is 38.1 Å². The van der Waals surface area contributed by atoms with Gasteiger partial charge in [-0.3, -0.25) is 4.79 Å². The van der Waals surface area contributed by atoms with Crippen LogP contribution in [-0.2, 0) is 21.2 Å². The molecule has 1 heterocycles. The van der Waals surface area contributed by atoms with Crippen LogP contribution >= 0.6 is 0 Å². The SMILES string of the molecule is CCS(=O)(=O)N1CCN(C(=O)Cc2ccc(C(C)C)cc2)CC1. The molecule has 0 aromatic heterocycles. The van der Waals surface area contributed by atoms with E-state index in [1.807, 2.05) is 12.1 Å². The van der Waals surface area contributed by atoms with Crippen molar-refractivity contribution in [3.05, 3.63) is 35.4 Å². The molecule has 0 saturated carbocycles. The molecule has 0 aliphatic carbocycles. The van der Waals surface area contributed by atoms with Crippen molar-refractivity contribution in [2.75, 3.05) is 31.9 Å². The molecule has 0 N–H and O–H groups in total. The van der Waals surface area contributed by atoms with Crippen LogP contribution in [0.1, 0.15) is 37.8 Å². The maximum absolute atomic E-state index is 12.4. The van der Waals surface area contributed by atoms with Crippen LogP contribution in [-0.4, -0.2) is 55.5 Å². The van der Waals surface area contributed by atoms with Crippen LogP contribution in [0.15, 0.2) is 24.3 Å². The number of nitrogens with zero attached hydrogens (tertiary/aromatic N) is 2. The number of hydrogen-bond donors (Lipinski definition) is 0. The zero-order valence-corrected chi connectivity index (χ0v) is 15.0. The molecule has 0 bridgehead atoms. The van der Waals surface area contributed by atoms with Gasteiger partial charge in [-0.05, 0) is 24.0 Å². The molecule has 6 heteroatoms. The standard InChI is InChI=1S/C17H26N2O3S/c1-4-23(21,22)19-11-9-18(10-12-19)17(20)13-15-5-7-16(8-6-15)14(2)3/h5-8,14H,4,9-13H2,1-3H3. The molecule has 0 unspecified atom stereocenters. The lowest BCUT2D eigenvalue weighted by Gasteiger charge is -2.33. The molecule has 0 spiro atoms. The highest BCUT2D eigenvalue weighted by Crippen LogP contribution is 2.16. The summed E-state index contributed by atoms with van der Waals surface area (Å²) in [5.41, 5.74) is 2.27. The van der Waals surface area contributed by atoms with Crippen molar-refractivity contribution in [1.82, 2.24) is 9.21 Å². The van der Waals surface area contributed by atoms with Crippen LogP contribution in [0.3, 0.4) is 0 Å². The highest BCUT2D eigenvalue weighted by molar-refractivity contribution is 7.89. The highest BCUT2D eigenvalue weighted by Gasteiger charge is 2.27. The van der Waals surface area contributed by atoms with Gasteiger partial charge in [0.05, 0.1) is 12.2 Å². The molecule has 1 aliphatic rings. The highest BCUT2D eigenvalue weighted by atomic mass is 32.2. The van der Waals surface area contributed by atoms with Crippen molar-refractivity contribution in [3.8, 4) is 0 Å². The number of piperazine rings is 1. The predicted octanol–water partition coefficient (Wildman–Crippen LogP) is 1.85. The van der Waals surface area contributed by atoms with Crippen molar-refractivity contribution >= 4 is 15.9 Å². The molecule has 2 rings (SSSR count). The second-order valence-electron chi connectivity index (χ2n) is 6.25. The summed E-state index contributed by atoms with van der Waals surface area (Å²) in [5, 5.41) is 0. The van der Waals surface area contributed by atoms with Gasteiger partial charge in [0.15, 0.2) is 0 Å². The second kappa shape index (κ2) is 7.45. The maximum Gasteiger partial charge on any atom is 0.227 e. The smallest absolute Gasteiger partial charge is 0.227 e. The van der Waals surface area contributed by atoms with Gasteiger partial charge in [0.25, 0.3) is 0 Å². The Morgan fingerprint density at radius 1 is 1.09 bits per heavy atom. The lowest BCUT2D eigenvalue weighted by atomic mass is 10.0. The van der Waals surface area contributed by atoms with Crippen molar-refractivity contribution in [2.24, 2.45) is 0 Å². The van der Waals surface area contributed by atoms with Crippen LogP contribution in [0, 0.1) is 0 Å². The predicted molar refractivity (Wildman–Crippen MR) is 91.8 cm³/mol. The summed E-state index contributed by atoms with van der Waals surface area (Å²) in [6.45, 7) is 7.67. The van der Waals surface area contributed by atoms with Crippen LogP contribution in [0.25, 0.3) is 0 Å². The van der Waals surface area contributed by atoms with E-state index in [-0.39, 0.29) is 11.7 Å². The van der Waals surface area contributed by atoms with E-state index in [1.165, 1.54) is 9.87 Å².